The molecule has 3 aromatic carbocycles. The lowest BCUT2D eigenvalue weighted by molar-refractivity contribution is -0.384. The van der Waals surface area contributed by atoms with E-state index >= 15 is 0 Å². The first kappa shape index (κ1) is 22.8. The van der Waals surface area contributed by atoms with Gasteiger partial charge in [-0.05, 0) is 66.6 Å². The molecule has 0 saturated heterocycles. The molecule has 1 aromatic heterocycles. The Hall–Kier alpha value is -4.40. The minimum atomic E-state index is -0.441. The number of nitro benzene ring substituents is 1. The van der Waals surface area contributed by atoms with Gasteiger partial charge in [-0.3, -0.25) is 20.0 Å². The molecular formula is C25H24N4O5. The molecule has 0 aliphatic rings. The number of ether oxygens (including phenoxy) is 2. The molecule has 0 saturated carbocycles. The van der Waals surface area contributed by atoms with Crippen molar-refractivity contribution in [2.45, 2.75) is 26.4 Å². The Morgan fingerprint density at radius 1 is 1.03 bits per heavy atom. The first-order valence-corrected chi connectivity index (χ1v) is 10.9. The van der Waals surface area contributed by atoms with Gasteiger partial charge in [-0.25, -0.2) is 0 Å². The molecule has 9 heteroatoms. The van der Waals surface area contributed by atoms with Crippen molar-refractivity contribution in [3.8, 4) is 11.5 Å². The molecule has 0 atom stereocenters. The monoisotopic (exact) mass is 460 g/mol. The molecule has 4 rings (SSSR count). The Labute approximate surface area is 195 Å². The predicted octanol–water partition coefficient (Wildman–Crippen LogP) is 5.48. The summed E-state index contributed by atoms with van der Waals surface area (Å²) in [5.41, 5.74) is 2.07. The standard InChI is InChI=1S/C25H24N4O5/c1-2-3-14-33-20-10-6-18(7-11-20)25(30)26-24-22-15-21(12-13-23(22)27-28-24)34-16-17-4-8-19(9-5-17)29(31)32/h4-13,15H,2-3,14,16H2,1H3,(H2,26,27,28,30). The third-order valence-electron chi connectivity index (χ3n) is 5.20. The van der Waals surface area contributed by atoms with Gasteiger partial charge in [0.2, 0.25) is 0 Å². The van der Waals surface area contributed by atoms with Crippen LogP contribution in [-0.4, -0.2) is 27.6 Å². The maximum absolute atomic E-state index is 12.7. The Morgan fingerprint density at radius 2 is 1.76 bits per heavy atom. The van der Waals surface area contributed by atoms with Crippen molar-refractivity contribution in [3.63, 3.8) is 0 Å². The van der Waals surface area contributed by atoms with Gasteiger partial charge in [0, 0.05) is 23.1 Å². The zero-order valence-electron chi connectivity index (χ0n) is 18.6. The van der Waals surface area contributed by atoms with Gasteiger partial charge < -0.3 is 14.8 Å². The average molecular weight is 460 g/mol. The summed E-state index contributed by atoms with van der Waals surface area (Å²) in [4.78, 5) is 23.1. The van der Waals surface area contributed by atoms with Crippen molar-refractivity contribution in [3.05, 3.63) is 88.0 Å². The Kier molecular flexibility index (Phi) is 7.02. The van der Waals surface area contributed by atoms with E-state index in [0.717, 1.165) is 29.7 Å². The van der Waals surface area contributed by atoms with E-state index in [1.165, 1.54) is 12.1 Å². The Bertz CT molecular complexity index is 1280. The van der Waals surface area contributed by atoms with Gasteiger partial charge in [0.25, 0.3) is 11.6 Å². The molecular weight excluding hydrogens is 436 g/mol. The van der Waals surface area contributed by atoms with Crippen LogP contribution in [0.3, 0.4) is 0 Å². The zero-order chi connectivity index (χ0) is 23.9. The highest BCUT2D eigenvalue weighted by atomic mass is 16.6. The molecule has 0 aliphatic carbocycles. The van der Waals surface area contributed by atoms with Crippen LogP contribution in [0.1, 0.15) is 35.7 Å². The number of aromatic amines is 1. The number of benzene rings is 3. The summed E-state index contributed by atoms with van der Waals surface area (Å²) < 4.78 is 11.5. The molecule has 34 heavy (non-hydrogen) atoms. The molecule has 9 nitrogen and oxygen atoms in total. The fourth-order valence-corrected chi connectivity index (χ4v) is 3.28. The van der Waals surface area contributed by atoms with Crippen molar-refractivity contribution >= 4 is 28.3 Å². The van der Waals surface area contributed by atoms with Crippen molar-refractivity contribution in [2.24, 2.45) is 0 Å². The molecule has 174 valence electrons. The molecule has 1 heterocycles. The van der Waals surface area contributed by atoms with Gasteiger partial charge in [0.15, 0.2) is 5.82 Å². The lowest BCUT2D eigenvalue weighted by atomic mass is 10.2. The van der Waals surface area contributed by atoms with Crippen molar-refractivity contribution < 1.29 is 19.2 Å². The fourth-order valence-electron chi connectivity index (χ4n) is 3.28. The number of aromatic nitrogens is 2. The summed E-state index contributed by atoms with van der Waals surface area (Å²) in [6.45, 7) is 3.00. The summed E-state index contributed by atoms with van der Waals surface area (Å²) in [6.07, 6.45) is 2.04. The van der Waals surface area contributed by atoms with Crippen molar-refractivity contribution in [1.82, 2.24) is 10.2 Å². The van der Waals surface area contributed by atoms with Gasteiger partial charge in [-0.1, -0.05) is 13.3 Å². The van der Waals surface area contributed by atoms with Crippen LogP contribution in [0, 0.1) is 10.1 Å². The smallest absolute Gasteiger partial charge is 0.269 e. The molecule has 0 radical (unpaired) electrons. The number of H-pyrrole nitrogens is 1. The second kappa shape index (κ2) is 10.5. The van der Waals surface area contributed by atoms with Gasteiger partial charge in [0.05, 0.1) is 17.0 Å². The molecule has 0 bridgehead atoms. The van der Waals surface area contributed by atoms with E-state index in [1.807, 2.05) is 6.07 Å². The first-order valence-electron chi connectivity index (χ1n) is 10.9. The van der Waals surface area contributed by atoms with E-state index in [4.69, 9.17) is 9.47 Å². The number of rotatable bonds is 10. The van der Waals surface area contributed by atoms with E-state index in [0.29, 0.717) is 29.1 Å². The second-order valence-corrected chi connectivity index (χ2v) is 7.67. The maximum Gasteiger partial charge on any atom is 0.269 e. The van der Waals surface area contributed by atoms with Gasteiger partial charge >= 0.3 is 0 Å². The van der Waals surface area contributed by atoms with Crippen LogP contribution in [0.25, 0.3) is 10.9 Å². The average Bonchev–Trinajstić information content (AvgIpc) is 3.25. The van der Waals surface area contributed by atoms with Crippen LogP contribution in [0.2, 0.25) is 0 Å². The zero-order valence-corrected chi connectivity index (χ0v) is 18.6. The van der Waals surface area contributed by atoms with Crippen LogP contribution in [0.4, 0.5) is 11.5 Å². The molecule has 1 amide bonds. The minimum Gasteiger partial charge on any atom is -0.494 e. The maximum atomic E-state index is 12.7. The molecule has 0 unspecified atom stereocenters. The summed E-state index contributed by atoms with van der Waals surface area (Å²) in [6, 6.07) is 18.5. The number of carbonyl (C=O) groups excluding carboxylic acids is 1. The van der Waals surface area contributed by atoms with Crippen LogP contribution >= 0.6 is 0 Å². The highest BCUT2D eigenvalue weighted by molar-refractivity contribution is 6.08. The number of hydrogen-bond donors (Lipinski definition) is 2. The number of unbranched alkanes of at least 4 members (excludes halogenated alkanes) is 1. The lowest BCUT2D eigenvalue weighted by Gasteiger charge is -2.08. The highest BCUT2D eigenvalue weighted by Crippen LogP contribution is 2.26. The van der Waals surface area contributed by atoms with Crippen LogP contribution in [-0.2, 0) is 6.61 Å². The van der Waals surface area contributed by atoms with E-state index in [9.17, 15) is 14.9 Å². The highest BCUT2D eigenvalue weighted by Gasteiger charge is 2.13. The summed E-state index contributed by atoms with van der Waals surface area (Å²) >= 11 is 0. The first-order chi connectivity index (χ1) is 16.5. The SMILES string of the molecule is CCCCOc1ccc(C(=O)Nc2n[nH]c3ccc(OCc4ccc([N+](=O)[O-])cc4)cc23)cc1. The molecule has 0 spiro atoms. The number of non-ortho nitro benzene ring substituents is 1. The summed E-state index contributed by atoms with van der Waals surface area (Å²) in [5.74, 6) is 1.41. The van der Waals surface area contributed by atoms with Gasteiger partial charge in [0.1, 0.15) is 18.1 Å². The Balaban J connectivity index is 1.41. The fraction of sp³-hybridized carbons (Fsp3) is 0.200. The number of amides is 1. The molecule has 0 aliphatic heterocycles. The molecule has 4 aromatic rings. The second-order valence-electron chi connectivity index (χ2n) is 7.67. The van der Waals surface area contributed by atoms with E-state index in [-0.39, 0.29) is 18.2 Å². The summed E-state index contributed by atoms with van der Waals surface area (Å²) in [7, 11) is 0. The number of nitro groups is 1. The van der Waals surface area contributed by atoms with E-state index < -0.39 is 4.92 Å². The number of anilines is 1. The number of carbonyl (C=O) groups is 1. The van der Waals surface area contributed by atoms with Crippen LogP contribution < -0.4 is 14.8 Å². The third kappa shape index (κ3) is 5.50. The van der Waals surface area contributed by atoms with Crippen molar-refractivity contribution in [1.29, 1.82) is 0 Å². The van der Waals surface area contributed by atoms with Crippen LogP contribution in [0.5, 0.6) is 11.5 Å². The summed E-state index contributed by atoms with van der Waals surface area (Å²) in [5, 5.41) is 21.4. The van der Waals surface area contributed by atoms with Gasteiger partial charge in [-0.15, -0.1) is 0 Å². The topological polar surface area (TPSA) is 119 Å². The number of nitrogens with zero attached hydrogens (tertiary/aromatic N) is 2. The van der Waals surface area contributed by atoms with Gasteiger partial charge in [-0.2, -0.15) is 5.10 Å². The number of fused-ring (bicyclic) bond motifs is 1. The number of nitrogens with one attached hydrogen (secondary N) is 2. The van der Waals surface area contributed by atoms with Crippen molar-refractivity contribution in [2.75, 3.05) is 11.9 Å². The van der Waals surface area contributed by atoms with E-state index in [1.54, 1.807) is 48.5 Å². The van der Waals surface area contributed by atoms with Crippen LogP contribution in [0.15, 0.2) is 66.7 Å². The normalized spacial score (nSPS) is 10.7. The Morgan fingerprint density at radius 3 is 2.47 bits per heavy atom. The lowest BCUT2D eigenvalue weighted by Crippen LogP contribution is -2.12. The predicted molar refractivity (Wildman–Crippen MR) is 128 cm³/mol. The molecule has 2 N–H and O–H groups in total. The minimum absolute atomic E-state index is 0.0302. The van der Waals surface area contributed by atoms with E-state index in [2.05, 4.69) is 22.4 Å². The largest absolute Gasteiger partial charge is 0.494 e. The number of hydrogen-bond acceptors (Lipinski definition) is 6. The third-order valence-corrected chi connectivity index (χ3v) is 5.20. The quantitative estimate of drug-likeness (QED) is 0.184. The molecule has 0 fully saturated rings.